The SMILES string of the molecule is CCCCc1n(CCC)cc[n+]1CC(C)C(=O)[O-]. The maximum atomic E-state index is 10.8. The molecule has 0 aromatic carbocycles. The van der Waals surface area contributed by atoms with Crippen molar-refractivity contribution in [2.75, 3.05) is 0 Å². The Bertz CT molecular complexity index is 385. The molecule has 0 fully saturated rings. The van der Waals surface area contributed by atoms with Crippen molar-refractivity contribution in [2.45, 2.75) is 59.5 Å². The van der Waals surface area contributed by atoms with Gasteiger partial charge in [0.25, 0.3) is 5.82 Å². The highest BCUT2D eigenvalue weighted by molar-refractivity contribution is 5.66. The summed E-state index contributed by atoms with van der Waals surface area (Å²) in [6, 6.07) is 0. The number of carboxylic acid groups (broad SMARTS) is 1. The first-order chi connectivity index (χ1) is 8.60. The fourth-order valence-corrected chi connectivity index (χ4v) is 2.10. The van der Waals surface area contributed by atoms with E-state index in [1.165, 1.54) is 5.82 Å². The largest absolute Gasteiger partial charge is 0.550 e. The van der Waals surface area contributed by atoms with Gasteiger partial charge in [0.15, 0.2) is 0 Å². The molecule has 102 valence electrons. The molecule has 0 amide bonds. The van der Waals surface area contributed by atoms with Gasteiger partial charge in [0.1, 0.15) is 12.4 Å². The van der Waals surface area contributed by atoms with Crippen molar-refractivity contribution in [1.82, 2.24) is 4.57 Å². The Labute approximate surface area is 109 Å². The highest BCUT2D eigenvalue weighted by Crippen LogP contribution is 2.05. The third kappa shape index (κ3) is 3.86. The molecule has 0 aliphatic rings. The van der Waals surface area contributed by atoms with Crippen LogP contribution in [0.2, 0.25) is 0 Å². The minimum Gasteiger partial charge on any atom is -0.550 e. The molecule has 0 saturated carbocycles. The number of aliphatic carboxylic acids is 1. The fraction of sp³-hybridized carbons (Fsp3) is 0.714. The van der Waals surface area contributed by atoms with Crippen LogP contribution >= 0.6 is 0 Å². The van der Waals surface area contributed by atoms with E-state index < -0.39 is 11.9 Å². The molecule has 0 radical (unpaired) electrons. The van der Waals surface area contributed by atoms with Crippen molar-refractivity contribution in [3.8, 4) is 0 Å². The molecule has 0 bridgehead atoms. The molecule has 1 heterocycles. The fourth-order valence-electron chi connectivity index (χ4n) is 2.10. The summed E-state index contributed by atoms with van der Waals surface area (Å²) in [7, 11) is 0. The highest BCUT2D eigenvalue weighted by Gasteiger charge is 2.18. The van der Waals surface area contributed by atoms with E-state index in [9.17, 15) is 9.90 Å². The summed E-state index contributed by atoms with van der Waals surface area (Å²) in [5, 5.41) is 10.8. The topological polar surface area (TPSA) is 48.9 Å². The van der Waals surface area contributed by atoms with E-state index in [0.29, 0.717) is 6.54 Å². The second kappa shape index (κ2) is 7.19. The number of carboxylic acids is 1. The van der Waals surface area contributed by atoms with E-state index in [2.05, 4.69) is 29.2 Å². The normalized spacial score (nSPS) is 12.6. The molecule has 0 aliphatic carbocycles. The standard InChI is InChI=1S/C14H24N2O2/c1-4-6-7-13-15(8-5-2)9-10-16(13)11-12(3)14(17)18/h9-10,12H,4-8,11H2,1-3H3. The van der Waals surface area contributed by atoms with Crippen LogP contribution in [0.3, 0.4) is 0 Å². The number of hydrogen-bond donors (Lipinski definition) is 0. The highest BCUT2D eigenvalue weighted by atomic mass is 16.4. The molecule has 0 saturated heterocycles. The quantitative estimate of drug-likeness (QED) is 0.646. The lowest BCUT2D eigenvalue weighted by Crippen LogP contribution is -2.45. The third-order valence-corrected chi connectivity index (χ3v) is 3.18. The van der Waals surface area contributed by atoms with Crippen molar-refractivity contribution in [2.24, 2.45) is 5.92 Å². The average molecular weight is 252 g/mol. The van der Waals surface area contributed by atoms with Crippen LogP contribution in [0.5, 0.6) is 0 Å². The zero-order valence-corrected chi connectivity index (χ0v) is 11.7. The van der Waals surface area contributed by atoms with Gasteiger partial charge >= 0.3 is 0 Å². The van der Waals surface area contributed by atoms with Crippen LogP contribution < -0.4 is 9.67 Å². The molecule has 0 N–H and O–H groups in total. The molecule has 1 rings (SSSR count). The number of rotatable bonds is 8. The van der Waals surface area contributed by atoms with Crippen LogP contribution in [0.4, 0.5) is 0 Å². The zero-order valence-electron chi connectivity index (χ0n) is 11.7. The molecule has 0 aliphatic heterocycles. The van der Waals surface area contributed by atoms with Gasteiger partial charge in [-0.2, -0.15) is 0 Å². The summed E-state index contributed by atoms with van der Waals surface area (Å²) in [5.74, 6) is -0.202. The number of carbonyl (C=O) groups is 1. The molecule has 4 nitrogen and oxygen atoms in total. The van der Waals surface area contributed by atoms with Crippen LogP contribution in [-0.2, 0) is 24.3 Å². The number of nitrogens with zero attached hydrogens (tertiary/aromatic N) is 2. The molecule has 1 atom stereocenters. The minimum atomic E-state index is -0.979. The predicted molar refractivity (Wildman–Crippen MR) is 67.7 cm³/mol. The van der Waals surface area contributed by atoms with Crippen molar-refractivity contribution >= 4 is 5.97 Å². The van der Waals surface area contributed by atoms with E-state index in [-0.39, 0.29) is 0 Å². The molecule has 0 spiro atoms. The summed E-state index contributed by atoms with van der Waals surface area (Å²) >= 11 is 0. The second-order valence-electron chi connectivity index (χ2n) is 4.88. The molecule has 1 aromatic heterocycles. The maximum absolute atomic E-state index is 10.8. The Morgan fingerprint density at radius 3 is 2.72 bits per heavy atom. The summed E-state index contributed by atoms with van der Waals surface area (Å²) in [5.41, 5.74) is 0. The van der Waals surface area contributed by atoms with Crippen LogP contribution in [0.1, 0.15) is 45.9 Å². The number of aryl methyl sites for hydroxylation is 1. The Morgan fingerprint density at radius 1 is 1.44 bits per heavy atom. The average Bonchev–Trinajstić information content (AvgIpc) is 2.69. The van der Waals surface area contributed by atoms with Crippen molar-refractivity contribution in [1.29, 1.82) is 0 Å². The van der Waals surface area contributed by atoms with Crippen molar-refractivity contribution in [3.63, 3.8) is 0 Å². The van der Waals surface area contributed by atoms with Gasteiger partial charge in [0.2, 0.25) is 0 Å². The zero-order chi connectivity index (χ0) is 13.5. The summed E-state index contributed by atoms with van der Waals surface area (Å²) in [4.78, 5) is 10.8. The van der Waals surface area contributed by atoms with E-state index in [1.54, 1.807) is 6.92 Å². The van der Waals surface area contributed by atoms with Crippen LogP contribution in [-0.4, -0.2) is 10.5 Å². The van der Waals surface area contributed by atoms with E-state index in [0.717, 1.165) is 32.2 Å². The Hall–Kier alpha value is -1.32. The van der Waals surface area contributed by atoms with Gasteiger partial charge in [-0.3, -0.25) is 0 Å². The number of carbonyl (C=O) groups excluding carboxylic acids is 1. The summed E-state index contributed by atoms with van der Waals surface area (Å²) in [6.07, 6.45) is 8.41. The van der Waals surface area contributed by atoms with Gasteiger partial charge in [-0.25, -0.2) is 9.13 Å². The van der Waals surface area contributed by atoms with Crippen LogP contribution in [0.15, 0.2) is 12.4 Å². The second-order valence-corrected chi connectivity index (χ2v) is 4.88. The number of imidazole rings is 1. The summed E-state index contributed by atoms with van der Waals surface area (Å²) < 4.78 is 4.30. The van der Waals surface area contributed by atoms with Gasteiger partial charge < -0.3 is 9.90 Å². The Balaban J connectivity index is 2.85. The van der Waals surface area contributed by atoms with Crippen molar-refractivity contribution in [3.05, 3.63) is 18.2 Å². The van der Waals surface area contributed by atoms with E-state index in [1.807, 2.05) is 6.20 Å². The van der Waals surface area contributed by atoms with Gasteiger partial charge in [0.05, 0.1) is 13.1 Å². The third-order valence-electron chi connectivity index (χ3n) is 3.18. The Kier molecular flexibility index (Phi) is 5.89. The first kappa shape index (κ1) is 14.7. The molecule has 1 unspecified atom stereocenters. The number of unbranched alkanes of at least 4 members (excludes halogenated alkanes) is 1. The smallest absolute Gasteiger partial charge is 0.256 e. The van der Waals surface area contributed by atoms with Crippen molar-refractivity contribution < 1.29 is 14.5 Å². The minimum absolute atomic E-state index is 0.451. The lowest BCUT2D eigenvalue weighted by Gasteiger charge is -2.11. The summed E-state index contributed by atoms with van der Waals surface area (Å²) in [6.45, 7) is 7.51. The number of hydrogen-bond acceptors (Lipinski definition) is 2. The van der Waals surface area contributed by atoms with Gasteiger partial charge in [-0.05, 0) is 12.8 Å². The monoisotopic (exact) mass is 252 g/mol. The van der Waals surface area contributed by atoms with Gasteiger partial charge in [0, 0.05) is 18.3 Å². The lowest BCUT2D eigenvalue weighted by molar-refractivity contribution is -0.708. The predicted octanol–water partition coefficient (Wildman–Crippen LogP) is 0.914. The maximum Gasteiger partial charge on any atom is 0.256 e. The van der Waals surface area contributed by atoms with Gasteiger partial charge in [-0.1, -0.05) is 27.2 Å². The molecular formula is C14H24N2O2. The molecule has 18 heavy (non-hydrogen) atoms. The molecule has 4 heteroatoms. The number of aromatic nitrogens is 2. The van der Waals surface area contributed by atoms with E-state index in [4.69, 9.17) is 0 Å². The first-order valence-electron chi connectivity index (χ1n) is 6.88. The first-order valence-corrected chi connectivity index (χ1v) is 6.88. The lowest BCUT2D eigenvalue weighted by atomic mass is 10.2. The Morgan fingerprint density at radius 2 is 2.17 bits per heavy atom. The van der Waals surface area contributed by atoms with Gasteiger partial charge in [-0.15, -0.1) is 0 Å². The van der Waals surface area contributed by atoms with Crippen LogP contribution in [0, 0.1) is 5.92 Å². The van der Waals surface area contributed by atoms with Crippen LogP contribution in [0.25, 0.3) is 0 Å². The molecule has 1 aromatic rings. The molecular weight excluding hydrogens is 228 g/mol. The van der Waals surface area contributed by atoms with E-state index >= 15 is 0 Å².